The molecule has 5 heteroatoms. The summed E-state index contributed by atoms with van der Waals surface area (Å²) in [6.07, 6.45) is 6.44. The van der Waals surface area contributed by atoms with E-state index in [-0.39, 0.29) is 17.9 Å². The molecule has 1 aromatic heterocycles. The Balaban J connectivity index is 1.56. The van der Waals surface area contributed by atoms with Gasteiger partial charge in [-0.2, -0.15) is 0 Å². The fraction of sp³-hybridized carbons (Fsp3) is 0.435. The second-order valence-corrected chi connectivity index (χ2v) is 7.31. The molecule has 1 aliphatic carbocycles. The van der Waals surface area contributed by atoms with Crippen LogP contribution in [0.1, 0.15) is 55.5 Å². The Morgan fingerprint density at radius 1 is 1.18 bits per heavy atom. The lowest BCUT2D eigenvalue weighted by Crippen LogP contribution is -2.39. The van der Waals surface area contributed by atoms with Gasteiger partial charge < -0.3 is 10.2 Å². The van der Waals surface area contributed by atoms with Gasteiger partial charge in [0.05, 0.1) is 18.2 Å². The average molecular weight is 380 g/mol. The number of amides is 2. The van der Waals surface area contributed by atoms with Crippen LogP contribution in [0.4, 0.5) is 0 Å². The number of hydrogen-bond acceptors (Lipinski definition) is 3. The highest BCUT2D eigenvalue weighted by molar-refractivity contribution is 5.80. The number of nitrogens with zero attached hydrogens (tertiary/aromatic N) is 2. The molecule has 3 rings (SSSR count). The predicted molar refractivity (Wildman–Crippen MR) is 110 cm³/mol. The fourth-order valence-corrected chi connectivity index (χ4v) is 3.88. The second kappa shape index (κ2) is 10.0. The molecule has 1 N–H and O–H groups in total. The Hall–Kier alpha value is -2.69. The van der Waals surface area contributed by atoms with Crippen molar-refractivity contribution in [2.45, 2.75) is 51.5 Å². The molecule has 0 bridgehead atoms. The van der Waals surface area contributed by atoms with Gasteiger partial charge in [0.1, 0.15) is 0 Å². The topological polar surface area (TPSA) is 62.3 Å². The summed E-state index contributed by atoms with van der Waals surface area (Å²) in [5.41, 5.74) is 3.27. The summed E-state index contributed by atoms with van der Waals surface area (Å²) < 4.78 is 0. The molecular formula is C23H29N3O2. The minimum absolute atomic E-state index is 0.0503. The van der Waals surface area contributed by atoms with Crippen LogP contribution >= 0.6 is 0 Å². The highest BCUT2D eigenvalue weighted by Crippen LogP contribution is 2.33. The number of aryl methyl sites for hydroxylation is 1. The molecule has 0 saturated carbocycles. The number of benzene rings is 1. The van der Waals surface area contributed by atoms with Gasteiger partial charge in [-0.05, 0) is 42.9 Å². The van der Waals surface area contributed by atoms with Gasteiger partial charge >= 0.3 is 0 Å². The van der Waals surface area contributed by atoms with Crippen molar-refractivity contribution in [3.05, 3.63) is 65.5 Å². The Bertz CT molecular complexity index is 791. The van der Waals surface area contributed by atoms with Crippen molar-refractivity contribution in [1.82, 2.24) is 15.2 Å². The monoisotopic (exact) mass is 379 g/mol. The first-order valence-corrected chi connectivity index (χ1v) is 10.2. The average Bonchev–Trinajstić information content (AvgIpc) is 2.72. The van der Waals surface area contributed by atoms with Crippen LogP contribution in [0.15, 0.2) is 48.7 Å². The third-order valence-corrected chi connectivity index (χ3v) is 5.20. The number of carbonyl (C=O) groups is 2. The molecule has 1 heterocycles. The molecule has 2 aromatic rings. The van der Waals surface area contributed by atoms with Crippen molar-refractivity contribution >= 4 is 11.8 Å². The molecule has 1 atom stereocenters. The van der Waals surface area contributed by atoms with Crippen LogP contribution in [-0.4, -0.2) is 34.8 Å². The number of nitrogens with one attached hydrogen (secondary N) is 1. The van der Waals surface area contributed by atoms with Gasteiger partial charge in [0.2, 0.25) is 11.8 Å². The van der Waals surface area contributed by atoms with Crippen LogP contribution in [0.25, 0.3) is 0 Å². The summed E-state index contributed by atoms with van der Waals surface area (Å²) in [4.78, 5) is 31.6. The number of rotatable bonds is 8. The molecule has 28 heavy (non-hydrogen) atoms. The lowest BCUT2D eigenvalue weighted by Gasteiger charge is -2.35. The smallest absolute Gasteiger partial charge is 0.224 e. The normalized spacial score (nSPS) is 15.5. The molecule has 1 aromatic carbocycles. The largest absolute Gasteiger partial charge is 0.355 e. The lowest BCUT2D eigenvalue weighted by atomic mass is 9.90. The maximum absolute atomic E-state index is 12.9. The van der Waals surface area contributed by atoms with Gasteiger partial charge in [0.15, 0.2) is 0 Å². The molecule has 1 aliphatic rings. The molecule has 0 aliphatic heterocycles. The number of fused-ring (bicyclic) bond motifs is 1. The van der Waals surface area contributed by atoms with E-state index in [4.69, 9.17) is 0 Å². The van der Waals surface area contributed by atoms with E-state index in [2.05, 4.69) is 23.3 Å². The van der Waals surface area contributed by atoms with Crippen molar-refractivity contribution in [2.75, 3.05) is 13.1 Å². The SMILES string of the molecule is CCCN(C(=O)CCNC(=O)Cc1ccccc1)[C@H]1CCCc2cccnc21. The number of hydrogen-bond donors (Lipinski definition) is 1. The van der Waals surface area contributed by atoms with Crippen LogP contribution in [0.2, 0.25) is 0 Å². The van der Waals surface area contributed by atoms with Crippen molar-refractivity contribution in [2.24, 2.45) is 0 Å². The van der Waals surface area contributed by atoms with Crippen molar-refractivity contribution in [3.8, 4) is 0 Å². The van der Waals surface area contributed by atoms with E-state index in [1.54, 1.807) is 0 Å². The van der Waals surface area contributed by atoms with Gasteiger partial charge in [0, 0.05) is 25.7 Å². The van der Waals surface area contributed by atoms with Crippen molar-refractivity contribution < 1.29 is 9.59 Å². The summed E-state index contributed by atoms with van der Waals surface area (Å²) in [5, 5.41) is 2.88. The summed E-state index contributed by atoms with van der Waals surface area (Å²) in [6.45, 7) is 3.17. The first-order valence-electron chi connectivity index (χ1n) is 10.2. The molecule has 5 nitrogen and oxygen atoms in total. The molecule has 148 valence electrons. The van der Waals surface area contributed by atoms with E-state index >= 15 is 0 Å². The molecule has 0 radical (unpaired) electrons. The maximum Gasteiger partial charge on any atom is 0.224 e. The Morgan fingerprint density at radius 2 is 2.00 bits per heavy atom. The molecule has 0 unspecified atom stereocenters. The molecule has 0 spiro atoms. The van der Waals surface area contributed by atoms with Gasteiger partial charge in [0.25, 0.3) is 0 Å². The number of pyridine rings is 1. The van der Waals surface area contributed by atoms with Crippen LogP contribution in [-0.2, 0) is 22.4 Å². The fourth-order valence-electron chi connectivity index (χ4n) is 3.88. The molecule has 0 fully saturated rings. The predicted octanol–water partition coefficient (Wildman–Crippen LogP) is 3.45. The van der Waals surface area contributed by atoms with E-state index in [0.29, 0.717) is 19.4 Å². The Kier molecular flexibility index (Phi) is 7.18. The van der Waals surface area contributed by atoms with Crippen molar-refractivity contribution in [1.29, 1.82) is 0 Å². The summed E-state index contributed by atoms with van der Waals surface area (Å²) in [7, 11) is 0. The zero-order chi connectivity index (χ0) is 19.8. The molecule has 2 amide bonds. The summed E-state index contributed by atoms with van der Waals surface area (Å²) in [5.74, 6) is 0.0380. The van der Waals surface area contributed by atoms with Gasteiger partial charge in [-0.25, -0.2) is 0 Å². The van der Waals surface area contributed by atoms with E-state index in [9.17, 15) is 9.59 Å². The molecule has 0 saturated heterocycles. The van der Waals surface area contributed by atoms with Gasteiger partial charge in [-0.3, -0.25) is 14.6 Å². The first kappa shape index (κ1) is 20.1. The van der Waals surface area contributed by atoms with E-state index in [1.165, 1.54) is 5.56 Å². The van der Waals surface area contributed by atoms with Crippen LogP contribution in [0.5, 0.6) is 0 Å². The number of carbonyl (C=O) groups excluding carboxylic acids is 2. The third-order valence-electron chi connectivity index (χ3n) is 5.20. The van der Waals surface area contributed by atoms with Gasteiger partial charge in [-0.15, -0.1) is 0 Å². The highest BCUT2D eigenvalue weighted by Gasteiger charge is 2.29. The van der Waals surface area contributed by atoms with Crippen molar-refractivity contribution in [3.63, 3.8) is 0 Å². The zero-order valence-electron chi connectivity index (χ0n) is 16.6. The highest BCUT2D eigenvalue weighted by atomic mass is 16.2. The summed E-state index contributed by atoms with van der Waals surface area (Å²) in [6, 6.07) is 13.8. The van der Waals surface area contributed by atoms with Crippen LogP contribution in [0.3, 0.4) is 0 Å². The standard InChI is InChI=1S/C23H29N3O2/c1-2-16-26(20-12-6-10-19-11-7-14-25-23(19)20)22(28)13-15-24-21(27)17-18-8-4-3-5-9-18/h3-5,7-9,11,14,20H,2,6,10,12-13,15-17H2,1H3,(H,24,27)/t20-/m0/s1. The first-order chi connectivity index (χ1) is 13.7. The quantitative estimate of drug-likeness (QED) is 0.764. The van der Waals surface area contributed by atoms with Gasteiger partial charge in [-0.1, -0.05) is 43.3 Å². The van der Waals surface area contributed by atoms with E-state index < -0.39 is 0 Å². The second-order valence-electron chi connectivity index (χ2n) is 7.31. The van der Waals surface area contributed by atoms with E-state index in [0.717, 1.165) is 43.5 Å². The third kappa shape index (κ3) is 5.18. The Morgan fingerprint density at radius 3 is 2.79 bits per heavy atom. The minimum Gasteiger partial charge on any atom is -0.355 e. The lowest BCUT2D eigenvalue weighted by molar-refractivity contribution is -0.134. The summed E-state index contributed by atoms with van der Waals surface area (Å²) >= 11 is 0. The maximum atomic E-state index is 12.9. The van der Waals surface area contributed by atoms with E-state index in [1.807, 2.05) is 47.5 Å². The van der Waals surface area contributed by atoms with Crippen LogP contribution < -0.4 is 5.32 Å². The number of aromatic nitrogens is 1. The minimum atomic E-state index is -0.0503. The van der Waals surface area contributed by atoms with Crippen LogP contribution in [0, 0.1) is 0 Å². The zero-order valence-corrected chi connectivity index (χ0v) is 16.6. The molecular weight excluding hydrogens is 350 g/mol. The Labute approximate surface area is 167 Å².